The lowest BCUT2D eigenvalue weighted by molar-refractivity contribution is 0.410. The maximum atomic E-state index is 5.47. The van der Waals surface area contributed by atoms with Crippen molar-refractivity contribution in [2.75, 3.05) is 14.2 Å². The Kier molecular flexibility index (Phi) is 3.66. The molecule has 0 atom stereocenters. The number of nitrogens with zero attached hydrogens (tertiary/aromatic N) is 2. The van der Waals surface area contributed by atoms with Crippen LogP contribution in [0.15, 0.2) is 24.3 Å². The first kappa shape index (κ1) is 15.4. The smallest absolute Gasteiger partial charge is 0.153 e. The first-order valence-electron chi connectivity index (χ1n) is 7.50. The Balaban J connectivity index is 1.95. The molecule has 2 aromatic heterocycles. The molecule has 6 heteroatoms. The van der Waals surface area contributed by atoms with Gasteiger partial charge in [0.25, 0.3) is 0 Å². The van der Waals surface area contributed by atoms with Gasteiger partial charge in [-0.15, -0.1) is 22.7 Å². The maximum Gasteiger partial charge on any atom is 0.153 e. The minimum atomic E-state index is 0.751. The van der Waals surface area contributed by atoms with Crippen LogP contribution in [-0.2, 0) is 0 Å². The van der Waals surface area contributed by atoms with E-state index in [-0.39, 0.29) is 0 Å². The van der Waals surface area contributed by atoms with Gasteiger partial charge >= 0.3 is 0 Å². The van der Waals surface area contributed by atoms with Gasteiger partial charge < -0.3 is 9.47 Å². The summed E-state index contributed by atoms with van der Waals surface area (Å²) < 4.78 is 13.1. The van der Waals surface area contributed by atoms with Gasteiger partial charge in [-0.25, -0.2) is 9.97 Å². The van der Waals surface area contributed by atoms with Crippen molar-refractivity contribution < 1.29 is 9.47 Å². The molecule has 122 valence electrons. The number of aryl methyl sites for hydroxylation is 2. The van der Waals surface area contributed by atoms with Gasteiger partial charge in [-0.2, -0.15) is 0 Å². The molecule has 2 heterocycles. The Morgan fingerprint density at radius 2 is 1.50 bits per heavy atom. The van der Waals surface area contributed by atoms with Gasteiger partial charge in [0.1, 0.15) is 21.7 Å². The Hall–Kier alpha value is -2.18. The van der Waals surface area contributed by atoms with E-state index in [9.17, 15) is 0 Å². The third-order valence-electron chi connectivity index (χ3n) is 3.92. The first-order chi connectivity index (χ1) is 11.6. The van der Waals surface area contributed by atoms with Crippen LogP contribution in [0.3, 0.4) is 0 Å². The van der Waals surface area contributed by atoms with Crippen LogP contribution >= 0.6 is 22.7 Å². The fraction of sp³-hybridized carbons (Fsp3) is 0.222. The number of ether oxygens (including phenoxy) is 2. The fourth-order valence-corrected chi connectivity index (χ4v) is 5.07. The average molecular weight is 356 g/mol. The molecule has 0 N–H and O–H groups in total. The van der Waals surface area contributed by atoms with Crippen LogP contribution < -0.4 is 9.47 Å². The summed E-state index contributed by atoms with van der Waals surface area (Å²) in [5.74, 6) is 1.56. The van der Waals surface area contributed by atoms with Gasteiger partial charge in [0, 0.05) is 0 Å². The molecule has 2 aromatic carbocycles. The largest absolute Gasteiger partial charge is 0.495 e. The van der Waals surface area contributed by atoms with Crippen molar-refractivity contribution in [3.63, 3.8) is 0 Å². The second-order valence-electron chi connectivity index (χ2n) is 5.61. The van der Waals surface area contributed by atoms with Crippen LogP contribution in [0, 0.1) is 13.8 Å². The molecule has 24 heavy (non-hydrogen) atoms. The van der Waals surface area contributed by atoms with E-state index in [1.165, 1.54) is 15.8 Å². The molecular weight excluding hydrogens is 340 g/mol. The molecule has 0 unspecified atom stereocenters. The SMILES string of the molecule is COc1ccc(OC)c2sc(-c3nc4c(C)cc(C)cc4s3)nc12. The predicted octanol–water partition coefficient (Wildman–Crippen LogP) is 5.21. The van der Waals surface area contributed by atoms with Crippen LogP contribution in [-0.4, -0.2) is 24.2 Å². The molecule has 0 spiro atoms. The Morgan fingerprint density at radius 3 is 2.25 bits per heavy atom. The topological polar surface area (TPSA) is 44.2 Å². The third-order valence-corrected chi connectivity index (χ3v) is 6.14. The van der Waals surface area contributed by atoms with E-state index < -0.39 is 0 Å². The summed E-state index contributed by atoms with van der Waals surface area (Å²) in [5.41, 5.74) is 4.33. The number of thiazole rings is 2. The zero-order valence-corrected chi connectivity index (χ0v) is 15.5. The molecule has 0 aliphatic carbocycles. The number of benzene rings is 2. The Morgan fingerprint density at radius 1 is 0.833 bits per heavy atom. The molecule has 0 radical (unpaired) electrons. The van der Waals surface area contributed by atoms with Gasteiger partial charge in [-0.1, -0.05) is 6.07 Å². The van der Waals surface area contributed by atoms with Crippen molar-refractivity contribution in [1.29, 1.82) is 0 Å². The summed E-state index contributed by atoms with van der Waals surface area (Å²) in [7, 11) is 3.33. The Bertz CT molecular complexity index is 1020. The normalized spacial score (nSPS) is 11.3. The van der Waals surface area contributed by atoms with Crippen molar-refractivity contribution >= 4 is 43.1 Å². The monoisotopic (exact) mass is 356 g/mol. The van der Waals surface area contributed by atoms with E-state index in [0.29, 0.717) is 0 Å². The molecule has 4 aromatic rings. The highest BCUT2D eigenvalue weighted by molar-refractivity contribution is 7.28. The van der Waals surface area contributed by atoms with Crippen LogP contribution in [0.2, 0.25) is 0 Å². The first-order valence-corrected chi connectivity index (χ1v) is 9.13. The molecule has 0 aliphatic heterocycles. The number of aromatic nitrogens is 2. The zero-order chi connectivity index (χ0) is 16.8. The lowest BCUT2D eigenvalue weighted by Gasteiger charge is -2.03. The number of fused-ring (bicyclic) bond motifs is 2. The minimum Gasteiger partial charge on any atom is -0.495 e. The molecule has 4 nitrogen and oxygen atoms in total. The van der Waals surface area contributed by atoms with E-state index in [1.54, 1.807) is 36.9 Å². The molecule has 0 saturated carbocycles. The standard InChI is InChI=1S/C18H16N2O2S2/c1-9-7-10(2)14-13(8-9)23-17(19-14)18-20-15-11(21-3)5-6-12(22-4)16(15)24-18/h5-8H,1-4H3. The number of methoxy groups -OCH3 is 2. The van der Waals surface area contributed by atoms with Gasteiger partial charge in [-0.3, -0.25) is 0 Å². The van der Waals surface area contributed by atoms with Gasteiger partial charge in [0.15, 0.2) is 10.0 Å². The molecule has 0 amide bonds. The summed E-state index contributed by atoms with van der Waals surface area (Å²) in [5, 5.41) is 1.83. The average Bonchev–Trinajstić information content (AvgIpc) is 3.17. The minimum absolute atomic E-state index is 0.751. The summed E-state index contributed by atoms with van der Waals surface area (Å²) in [6.45, 7) is 4.21. The lowest BCUT2D eigenvalue weighted by atomic mass is 10.1. The maximum absolute atomic E-state index is 5.47. The highest BCUT2D eigenvalue weighted by Gasteiger charge is 2.17. The van der Waals surface area contributed by atoms with E-state index in [1.807, 2.05) is 12.1 Å². The van der Waals surface area contributed by atoms with Crippen molar-refractivity contribution in [2.24, 2.45) is 0 Å². The molecular formula is C18H16N2O2S2. The Labute approximate surface area is 147 Å². The number of hydrogen-bond donors (Lipinski definition) is 0. The van der Waals surface area contributed by atoms with Crippen molar-refractivity contribution in [3.05, 3.63) is 35.4 Å². The van der Waals surface area contributed by atoms with Crippen molar-refractivity contribution in [2.45, 2.75) is 13.8 Å². The van der Waals surface area contributed by atoms with Gasteiger partial charge in [0.2, 0.25) is 0 Å². The molecule has 4 rings (SSSR count). The van der Waals surface area contributed by atoms with E-state index in [4.69, 9.17) is 19.4 Å². The van der Waals surface area contributed by atoms with Crippen LogP contribution in [0.25, 0.3) is 30.4 Å². The molecule has 0 aliphatic rings. The van der Waals surface area contributed by atoms with Gasteiger partial charge in [-0.05, 0) is 43.2 Å². The third kappa shape index (κ3) is 2.34. The fourth-order valence-electron chi connectivity index (χ4n) is 2.84. The van der Waals surface area contributed by atoms with Crippen LogP contribution in [0.1, 0.15) is 11.1 Å². The summed E-state index contributed by atoms with van der Waals surface area (Å²) in [4.78, 5) is 9.59. The number of hydrogen-bond acceptors (Lipinski definition) is 6. The molecule has 0 fully saturated rings. The van der Waals surface area contributed by atoms with Crippen molar-refractivity contribution in [3.8, 4) is 21.5 Å². The molecule has 0 saturated heterocycles. The second kappa shape index (κ2) is 5.72. The predicted molar refractivity (Wildman–Crippen MR) is 101 cm³/mol. The van der Waals surface area contributed by atoms with Crippen molar-refractivity contribution in [1.82, 2.24) is 9.97 Å². The summed E-state index contributed by atoms with van der Waals surface area (Å²) in [6.07, 6.45) is 0. The number of rotatable bonds is 3. The highest BCUT2D eigenvalue weighted by atomic mass is 32.1. The van der Waals surface area contributed by atoms with E-state index >= 15 is 0 Å². The van der Waals surface area contributed by atoms with Crippen LogP contribution in [0.4, 0.5) is 0 Å². The molecule has 0 bridgehead atoms. The second-order valence-corrected chi connectivity index (χ2v) is 7.64. The highest BCUT2D eigenvalue weighted by Crippen LogP contribution is 2.42. The lowest BCUT2D eigenvalue weighted by Crippen LogP contribution is -1.87. The van der Waals surface area contributed by atoms with Crippen LogP contribution in [0.5, 0.6) is 11.5 Å². The summed E-state index contributed by atoms with van der Waals surface area (Å²) in [6, 6.07) is 8.14. The van der Waals surface area contributed by atoms with E-state index in [2.05, 4.69) is 26.0 Å². The zero-order valence-electron chi connectivity index (χ0n) is 13.8. The van der Waals surface area contributed by atoms with Gasteiger partial charge in [0.05, 0.1) is 24.4 Å². The van der Waals surface area contributed by atoms with E-state index in [0.717, 1.165) is 37.2 Å². The quantitative estimate of drug-likeness (QED) is 0.506. The summed E-state index contributed by atoms with van der Waals surface area (Å²) >= 11 is 3.26.